The molecule has 0 fully saturated rings. The van der Waals surface area contributed by atoms with Crippen molar-refractivity contribution in [2.45, 2.75) is 71.9 Å². The smallest absolute Gasteiger partial charge is 0.0994 e. The van der Waals surface area contributed by atoms with Crippen LogP contribution in [0.4, 0.5) is 0 Å². The molecule has 2 N–H and O–H groups in total. The van der Waals surface area contributed by atoms with Gasteiger partial charge in [0, 0.05) is 6.54 Å². The van der Waals surface area contributed by atoms with Crippen molar-refractivity contribution in [3.05, 3.63) is 11.9 Å². The average molecular weight is 252 g/mol. The molecule has 0 spiro atoms. The van der Waals surface area contributed by atoms with Gasteiger partial charge in [-0.1, -0.05) is 51.7 Å². The summed E-state index contributed by atoms with van der Waals surface area (Å²) in [5.74, 6) is 0.710. The van der Waals surface area contributed by atoms with Crippen molar-refractivity contribution in [3.8, 4) is 0 Å². The molecular formula is C14H28N4. The first-order valence-corrected chi connectivity index (χ1v) is 7.36. The van der Waals surface area contributed by atoms with Crippen molar-refractivity contribution in [2.24, 2.45) is 11.7 Å². The highest BCUT2D eigenvalue weighted by Crippen LogP contribution is 2.16. The second-order valence-electron chi connectivity index (χ2n) is 5.18. The molecule has 0 bridgehead atoms. The van der Waals surface area contributed by atoms with Crippen molar-refractivity contribution >= 4 is 0 Å². The molecule has 0 saturated heterocycles. The lowest BCUT2D eigenvalue weighted by Gasteiger charge is -2.13. The summed E-state index contributed by atoms with van der Waals surface area (Å²) in [7, 11) is 0. The molecule has 18 heavy (non-hydrogen) atoms. The molecule has 1 aromatic rings. The van der Waals surface area contributed by atoms with Crippen molar-refractivity contribution in [2.75, 3.05) is 0 Å². The van der Waals surface area contributed by atoms with E-state index in [1.807, 2.05) is 10.9 Å². The van der Waals surface area contributed by atoms with Crippen LogP contribution in [0.25, 0.3) is 0 Å². The van der Waals surface area contributed by atoms with Gasteiger partial charge < -0.3 is 5.73 Å². The van der Waals surface area contributed by atoms with Crippen LogP contribution in [-0.4, -0.2) is 15.0 Å². The molecule has 1 aromatic heterocycles. The van der Waals surface area contributed by atoms with E-state index in [1.165, 1.54) is 25.7 Å². The summed E-state index contributed by atoms with van der Waals surface area (Å²) < 4.78 is 1.97. The predicted molar refractivity (Wildman–Crippen MR) is 75.2 cm³/mol. The van der Waals surface area contributed by atoms with Gasteiger partial charge in [0.1, 0.15) is 0 Å². The van der Waals surface area contributed by atoms with Crippen LogP contribution in [0.3, 0.4) is 0 Å². The van der Waals surface area contributed by atoms with E-state index in [2.05, 4.69) is 31.1 Å². The summed E-state index contributed by atoms with van der Waals surface area (Å²) in [6.45, 7) is 7.61. The quantitative estimate of drug-likeness (QED) is 0.733. The third kappa shape index (κ3) is 4.77. The summed E-state index contributed by atoms with van der Waals surface area (Å²) in [4.78, 5) is 0. The monoisotopic (exact) mass is 252 g/mol. The van der Waals surface area contributed by atoms with Crippen LogP contribution in [-0.2, 0) is 6.54 Å². The van der Waals surface area contributed by atoms with Gasteiger partial charge in [-0.15, -0.1) is 5.10 Å². The Morgan fingerprint density at radius 3 is 2.61 bits per heavy atom. The maximum atomic E-state index is 6.05. The number of hydrogen-bond donors (Lipinski definition) is 1. The Kier molecular flexibility index (Phi) is 6.94. The molecule has 1 heterocycles. The van der Waals surface area contributed by atoms with Gasteiger partial charge >= 0.3 is 0 Å². The summed E-state index contributed by atoms with van der Waals surface area (Å²) in [5, 5.41) is 8.39. The van der Waals surface area contributed by atoms with E-state index in [9.17, 15) is 0 Å². The van der Waals surface area contributed by atoms with Crippen molar-refractivity contribution < 1.29 is 0 Å². The Bertz CT molecular complexity index is 321. The number of rotatable bonds is 9. The number of unbranched alkanes of at least 4 members (excludes halogenated alkanes) is 1. The number of nitrogens with two attached hydrogens (primary N) is 1. The largest absolute Gasteiger partial charge is 0.323 e. The van der Waals surface area contributed by atoms with Gasteiger partial charge in [-0.05, 0) is 18.8 Å². The van der Waals surface area contributed by atoms with Gasteiger partial charge in [-0.2, -0.15) is 0 Å². The highest BCUT2D eigenvalue weighted by atomic mass is 15.4. The first-order valence-electron chi connectivity index (χ1n) is 7.36. The van der Waals surface area contributed by atoms with E-state index in [-0.39, 0.29) is 6.04 Å². The average Bonchev–Trinajstić information content (AvgIpc) is 2.83. The molecule has 0 aliphatic heterocycles. The van der Waals surface area contributed by atoms with Gasteiger partial charge in [0.2, 0.25) is 0 Å². The van der Waals surface area contributed by atoms with Crippen molar-refractivity contribution in [1.29, 1.82) is 0 Å². The minimum atomic E-state index is 0.0412. The predicted octanol–water partition coefficient (Wildman–Crippen LogP) is 3.29. The zero-order valence-electron chi connectivity index (χ0n) is 12.1. The molecule has 104 valence electrons. The van der Waals surface area contributed by atoms with Gasteiger partial charge in [0.15, 0.2) is 0 Å². The second-order valence-corrected chi connectivity index (χ2v) is 5.18. The standard InChI is InChI=1S/C14H28N4/c1-4-7-9-12(6-3)10-18-11-14(16-17-18)13(15)8-5-2/h11-13H,4-10,15H2,1-3H3. The van der Waals surface area contributed by atoms with Gasteiger partial charge in [0.05, 0.1) is 17.9 Å². The van der Waals surface area contributed by atoms with Crippen LogP contribution < -0.4 is 5.73 Å². The lowest BCUT2D eigenvalue weighted by molar-refractivity contribution is 0.368. The summed E-state index contributed by atoms with van der Waals surface area (Å²) in [5.41, 5.74) is 6.98. The molecular weight excluding hydrogens is 224 g/mol. The summed E-state index contributed by atoms with van der Waals surface area (Å²) in [6, 6.07) is 0.0412. The first kappa shape index (κ1) is 15.2. The van der Waals surface area contributed by atoms with Crippen LogP contribution in [0.15, 0.2) is 6.20 Å². The SMILES string of the molecule is CCCCC(CC)Cn1cc(C(N)CCC)nn1. The molecule has 1 rings (SSSR count). The Hall–Kier alpha value is -0.900. The van der Waals surface area contributed by atoms with E-state index in [1.54, 1.807) is 0 Å². The Morgan fingerprint density at radius 2 is 2.00 bits per heavy atom. The number of aromatic nitrogens is 3. The van der Waals surface area contributed by atoms with Crippen molar-refractivity contribution in [3.63, 3.8) is 0 Å². The van der Waals surface area contributed by atoms with E-state index >= 15 is 0 Å². The lowest BCUT2D eigenvalue weighted by Crippen LogP contribution is -2.11. The van der Waals surface area contributed by atoms with Gasteiger partial charge in [-0.3, -0.25) is 4.68 Å². The number of nitrogens with zero attached hydrogens (tertiary/aromatic N) is 3. The molecule has 0 aliphatic carbocycles. The second kappa shape index (κ2) is 8.25. The molecule has 0 aromatic carbocycles. The Balaban J connectivity index is 2.51. The molecule has 0 saturated carbocycles. The maximum Gasteiger partial charge on any atom is 0.0994 e. The third-order valence-electron chi connectivity index (χ3n) is 3.52. The fourth-order valence-corrected chi connectivity index (χ4v) is 2.21. The van der Waals surface area contributed by atoms with Crippen LogP contribution in [0.2, 0.25) is 0 Å². The zero-order chi connectivity index (χ0) is 13.4. The third-order valence-corrected chi connectivity index (χ3v) is 3.52. The number of hydrogen-bond acceptors (Lipinski definition) is 3. The normalized spacial score (nSPS) is 14.7. The Morgan fingerprint density at radius 1 is 1.22 bits per heavy atom. The topological polar surface area (TPSA) is 56.7 Å². The lowest BCUT2D eigenvalue weighted by atomic mass is 9.99. The molecule has 4 nitrogen and oxygen atoms in total. The van der Waals surface area contributed by atoms with Crippen LogP contribution >= 0.6 is 0 Å². The molecule has 2 atom stereocenters. The van der Waals surface area contributed by atoms with Crippen LogP contribution in [0.1, 0.15) is 71.0 Å². The van der Waals surface area contributed by atoms with E-state index < -0.39 is 0 Å². The van der Waals surface area contributed by atoms with E-state index in [0.717, 1.165) is 25.1 Å². The molecule has 0 amide bonds. The molecule has 0 radical (unpaired) electrons. The minimum Gasteiger partial charge on any atom is -0.323 e. The fraction of sp³-hybridized carbons (Fsp3) is 0.857. The molecule has 2 unspecified atom stereocenters. The minimum absolute atomic E-state index is 0.0412. The first-order chi connectivity index (χ1) is 8.71. The highest BCUT2D eigenvalue weighted by molar-refractivity contribution is 4.99. The van der Waals surface area contributed by atoms with Crippen LogP contribution in [0, 0.1) is 5.92 Å². The molecule has 0 aliphatic rings. The van der Waals surface area contributed by atoms with Crippen molar-refractivity contribution in [1.82, 2.24) is 15.0 Å². The summed E-state index contributed by atoms with van der Waals surface area (Å²) in [6.07, 6.45) is 9.14. The fourth-order valence-electron chi connectivity index (χ4n) is 2.21. The highest BCUT2D eigenvalue weighted by Gasteiger charge is 2.12. The van der Waals surface area contributed by atoms with E-state index in [4.69, 9.17) is 5.73 Å². The van der Waals surface area contributed by atoms with Gasteiger partial charge in [-0.25, -0.2) is 0 Å². The zero-order valence-corrected chi connectivity index (χ0v) is 12.1. The summed E-state index contributed by atoms with van der Waals surface area (Å²) >= 11 is 0. The van der Waals surface area contributed by atoms with E-state index in [0.29, 0.717) is 5.92 Å². The van der Waals surface area contributed by atoms with Crippen LogP contribution in [0.5, 0.6) is 0 Å². The Labute approximate surface area is 111 Å². The molecule has 4 heteroatoms. The van der Waals surface area contributed by atoms with Gasteiger partial charge in [0.25, 0.3) is 0 Å². The maximum absolute atomic E-state index is 6.05.